The number of rotatable bonds is 7. The summed E-state index contributed by atoms with van der Waals surface area (Å²) in [6.07, 6.45) is 2.89. The van der Waals surface area contributed by atoms with E-state index >= 15 is 0 Å². The summed E-state index contributed by atoms with van der Waals surface area (Å²) in [6, 6.07) is 37.9. The molecule has 6 rings (SSSR count). The first-order valence-electron chi connectivity index (χ1n) is 17.1. The maximum atomic E-state index is 2.89. The number of hydrogen-bond acceptors (Lipinski definition) is 0. The second-order valence-electron chi connectivity index (χ2n) is 16.8. The van der Waals surface area contributed by atoms with Gasteiger partial charge in [-0.05, 0) is 0 Å². The first-order valence-corrected chi connectivity index (χ1v) is 31.6. The van der Waals surface area contributed by atoms with Gasteiger partial charge in [-0.3, -0.25) is 0 Å². The van der Waals surface area contributed by atoms with Crippen molar-refractivity contribution in [2.24, 2.45) is 0 Å². The Morgan fingerprint density at radius 2 is 1.00 bits per heavy atom. The fourth-order valence-electron chi connectivity index (χ4n) is 7.99. The molecule has 0 spiro atoms. The molecule has 0 bridgehead atoms. The molecule has 250 valence electrons. The first-order chi connectivity index (χ1) is 21.6. The summed E-state index contributed by atoms with van der Waals surface area (Å²) in [7, 11) is -5.01. The third-order valence-electron chi connectivity index (χ3n) is 9.97. The van der Waals surface area contributed by atoms with Crippen molar-refractivity contribution in [3.63, 3.8) is 0 Å². The summed E-state index contributed by atoms with van der Waals surface area (Å²) >= 11 is -2.94. The standard InChI is InChI=1S/C15H13.C14H29Si3.C13H10.2ClH.Zr/c1-10-3-5-14-12(7-10)9-13-8-11(2)4-6-15(13)14;1-15(2,3)12-10-13(16(4,5)6)14(11-12)17(7,8)9;1-3-7-12(8-4-1)11-13-9-5-2-6-10-13;;;/h3-9H,1-2H3;10,12H,1-9H3;1-10H;2*1H;/q;;;;;+2/p-2. The smallest absolute Gasteiger partial charge is 1.00 e. The molecule has 4 aromatic rings. The quantitative estimate of drug-likeness (QED) is 0.204. The third kappa shape index (κ3) is 7.37. The van der Waals surface area contributed by atoms with Crippen molar-refractivity contribution in [3.05, 3.63) is 150 Å². The average molecular weight is 803 g/mol. The van der Waals surface area contributed by atoms with Crippen molar-refractivity contribution in [2.75, 3.05) is 0 Å². The molecule has 0 saturated heterocycles. The Hall–Kier alpha value is -1.66. The molecule has 0 N–H and O–H groups in total. The fraction of sp³-hybridized carbons (Fsp3) is 0.310. The molecule has 1 atom stereocenters. The summed E-state index contributed by atoms with van der Waals surface area (Å²) < 4.78 is 4.10. The zero-order valence-electron chi connectivity index (χ0n) is 30.7. The summed E-state index contributed by atoms with van der Waals surface area (Å²) in [5, 5.41) is 3.69. The van der Waals surface area contributed by atoms with E-state index < -0.39 is 45.5 Å². The van der Waals surface area contributed by atoms with Crippen molar-refractivity contribution in [1.29, 1.82) is 0 Å². The molecular weight excluding hydrogens is 751 g/mol. The predicted molar refractivity (Wildman–Crippen MR) is 208 cm³/mol. The molecule has 0 amide bonds. The molecule has 0 radical (unpaired) electrons. The van der Waals surface area contributed by atoms with Crippen LogP contribution in [0.25, 0.3) is 11.1 Å². The van der Waals surface area contributed by atoms with Gasteiger partial charge in [-0.25, -0.2) is 0 Å². The monoisotopic (exact) mass is 800 g/mol. The maximum absolute atomic E-state index is 2.94. The van der Waals surface area contributed by atoms with Crippen LogP contribution in [-0.4, -0.2) is 27.4 Å². The SMILES string of the molecule is Cc1ccc2c(c1)[CH]([Zr+2]([C]1=C([Si](C)(C)C)C([Si](C)(C)C)=CC1[Si](C)(C)C)=[C](c1ccccc1)c1ccccc1)c1cc(C)ccc1-2.[Cl-].[Cl-]. The van der Waals surface area contributed by atoms with E-state index in [9.17, 15) is 0 Å². The van der Waals surface area contributed by atoms with Crippen LogP contribution in [0.1, 0.15) is 37.0 Å². The van der Waals surface area contributed by atoms with Crippen LogP contribution < -0.4 is 24.8 Å². The fourth-order valence-corrected chi connectivity index (χ4v) is 32.8. The zero-order chi connectivity index (χ0) is 33.2. The van der Waals surface area contributed by atoms with Gasteiger partial charge in [-0.1, -0.05) is 0 Å². The maximum Gasteiger partial charge on any atom is -1.00 e. The molecule has 4 aromatic carbocycles. The van der Waals surface area contributed by atoms with Gasteiger partial charge < -0.3 is 24.8 Å². The molecule has 0 saturated carbocycles. The van der Waals surface area contributed by atoms with E-state index in [-0.39, 0.29) is 24.8 Å². The first kappa shape index (κ1) is 39.1. The van der Waals surface area contributed by atoms with Crippen molar-refractivity contribution in [3.8, 4) is 11.1 Å². The van der Waals surface area contributed by atoms with Gasteiger partial charge in [0.1, 0.15) is 0 Å². The number of benzene rings is 4. The Morgan fingerprint density at radius 3 is 1.38 bits per heavy atom. The molecule has 0 aromatic heterocycles. The van der Waals surface area contributed by atoms with E-state index in [0.29, 0.717) is 9.17 Å². The van der Waals surface area contributed by atoms with E-state index in [1.165, 1.54) is 33.4 Å². The van der Waals surface area contributed by atoms with Gasteiger partial charge in [-0.2, -0.15) is 0 Å². The van der Waals surface area contributed by atoms with E-state index in [0.717, 1.165) is 0 Å². The largest absolute Gasteiger partial charge is 1.00 e. The van der Waals surface area contributed by atoms with E-state index in [2.05, 4.69) is 176 Å². The molecule has 2 aliphatic carbocycles. The van der Waals surface area contributed by atoms with Crippen LogP contribution in [0.4, 0.5) is 0 Å². The van der Waals surface area contributed by atoms with Crippen molar-refractivity contribution in [2.45, 2.75) is 81.9 Å². The molecular formula is C42H52Cl2Si3Zr. The number of aryl methyl sites for hydroxylation is 2. The number of allylic oxidation sites excluding steroid dienone is 4. The van der Waals surface area contributed by atoms with Crippen LogP contribution in [0, 0.1) is 13.8 Å². The van der Waals surface area contributed by atoms with Crippen LogP contribution in [-0.2, 0) is 21.3 Å². The van der Waals surface area contributed by atoms with Gasteiger partial charge >= 0.3 is 292 Å². The van der Waals surface area contributed by atoms with Gasteiger partial charge in [0, 0.05) is 0 Å². The molecule has 48 heavy (non-hydrogen) atoms. The molecule has 1 unspecified atom stereocenters. The molecule has 2 aliphatic rings. The van der Waals surface area contributed by atoms with E-state index in [1.54, 1.807) is 19.5 Å². The van der Waals surface area contributed by atoms with Gasteiger partial charge in [0.25, 0.3) is 0 Å². The van der Waals surface area contributed by atoms with Crippen LogP contribution in [0.15, 0.2) is 117 Å². The second-order valence-corrected chi connectivity index (χ2v) is 38.2. The normalized spacial score (nSPS) is 15.9. The van der Waals surface area contributed by atoms with Crippen molar-refractivity contribution >= 4 is 27.4 Å². The number of fused-ring (bicyclic) bond motifs is 3. The summed E-state index contributed by atoms with van der Waals surface area (Å²) in [4.78, 5) is 0. The molecule has 0 fully saturated rings. The Morgan fingerprint density at radius 1 is 0.562 bits per heavy atom. The second kappa shape index (κ2) is 14.5. The average Bonchev–Trinajstić information content (AvgIpc) is 3.54. The Bertz CT molecular complexity index is 1810. The minimum atomic E-state index is -2.94. The topological polar surface area (TPSA) is 0 Å². The van der Waals surface area contributed by atoms with E-state index in [4.69, 9.17) is 0 Å². The summed E-state index contributed by atoms with van der Waals surface area (Å²) in [5.74, 6) is 0. The molecule has 6 heteroatoms. The van der Waals surface area contributed by atoms with Crippen LogP contribution in [0.3, 0.4) is 0 Å². The van der Waals surface area contributed by atoms with Crippen molar-refractivity contribution in [1.82, 2.24) is 0 Å². The number of halogens is 2. The van der Waals surface area contributed by atoms with Gasteiger partial charge in [-0.15, -0.1) is 0 Å². The van der Waals surface area contributed by atoms with Crippen molar-refractivity contribution < 1.29 is 46.1 Å². The van der Waals surface area contributed by atoms with Crippen LogP contribution in [0.5, 0.6) is 0 Å². The van der Waals surface area contributed by atoms with Crippen LogP contribution >= 0.6 is 0 Å². The Balaban J connectivity index is 0.00000260. The molecule has 0 aliphatic heterocycles. The minimum absolute atomic E-state index is 0. The predicted octanol–water partition coefficient (Wildman–Crippen LogP) is 5.93. The van der Waals surface area contributed by atoms with Gasteiger partial charge in [0.2, 0.25) is 0 Å². The number of hydrogen-bond donors (Lipinski definition) is 0. The minimum Gasteiger partial charge on any atom is -1.00 e. The zero-order valence-corrected chi connectivity index (χ0v) is 37.7. The Labute approximate surface area is 314 Å². The summed E-state index contributed by atoms with van der Waals surface area (Å²) in [6.45, 7) is 28.3. The molecule has 0 heterocycles. The van der Waals surface area contributed by atoms with Crippen LogP contribution in [0.2, 0.25) is 64.5 Å². The summed E-state index contributed by atoms with van der Waals surface area (Å²) in [5.41, 5.74) is 12.4. The van der Waals surface area contributed by atoms with Gasteiger partial charge in [0.05, 0.1) is 0 Å². The molecule has 0 nitrogen and oxygen atoms in total. The van der Waals surface area contributed by atoms with E-state index in [1.807, 2.05) is 8.48 Å². The Kier molecular flexibility index (Phi) is 11.8. The third-order valence-corrected chi connectivity index (χ3v) is 26.4. The van der Waals surface area contributed by atoms with Gasteiger partial charge in [0.15, 0.2) is 0 Å².